The summed E-state index contributed by atoms with van der Waals surface area (Å²) in [5.74, 6) is 0.166. The van der Waals surface area contributed by atoms with E-state index in [1.165, 1.54) is 0 Å². The van der Waals surface area contributed by atoms with Crippen LogP contribution in [-0.4, -0.2) is 11.8 Å². The molecule has 2 N–H and O–H groups in total. The maximum atomic E-state index is 12.4. The van der Waals surface area contributed by atoms with Gasteiger partial charge in [0.25, 0.3) is 0 Å². The molecule has 29 heavy (non-hydrogen) atoms. The third-order valence-corrected chi connectivity index (χ3v) is 4.46. The molecule has 5 heteroatoms. The number of ether oxygens (including phenoxy) is 1. The zero-order valence-corrected chi connectivity index (χ0v) is 16.7. The van der Waals surface area contributed by atoms with Crippen LogP contribution in [0, 0.1) is 6.92 Å². The predicted octanol–water partition coefficient (Wildman–Crippen LogP) is 5.49. The van der Waals surface area contributed by atoms with Gasteiger partial charge in [0.05, 0.1) is 0 Å². The largest absolute Gasteiger partial charge is 0.457 e. The lowest BCUT2D eigenvalue weighted by molar-refractivity contribution is -0.133. The van der Waals surface area contributed by atoms with Crippen molar-refractivity contribution in [1.82, 2.24) is 0 Å². The van der Waals surface area contributed by atoms with Gasteiger partial charge in [-0.25, -0.2) is 0 Å². The Labute approximate surface area is 170 Å². The molecule has 0 fully saturated rings. The van der Waals surface area contributed by atoms with Gasteiger partial charge in [-0.05, 0) is 60.4 Å². The average molecular weight is 388 g/mol. The molecule has 3 aromatic rings. The molecule has 148 valence electrons. The van der Waals surface area contributed by atoms with Crippen LogP contribution in [0.1, 0.15) is 30.9 Å². The maximum absolute atomic E-state index is 12.4. The molecule has 0 heterocycles. The van der Waals surface area contributed by atoms with Gasteiger partial charge in [-0.2, -0.15) is 0 Å². The second-order valence-electron chi connectivity index (χ2n) is 7.04. The first-order valence-electron chi connectivity index (χ1n) is 9.49. The summed E-state index contributed by atoms with van der Waals surface area (Å²) in [6, 6.07) is 22.1. The molecule has 0 bridgehead atoms. The van der Waals surface area contributed by atoms with E-state index < -0.39 is 11.8 Å². The lowest BCUT2D eigenvalue weighted by Gasteiger charge is -2.16. The minimum absolute atomic E-state index is 0.227. The summed E-state index contributed by atoms with van der Waals surface area (Å²) in [6.07, 6.45) is 0. The van der Waals surface area contributed by atoms with Crippen molar-refractivity contribution in [2.24, 2.45) is 0 Å². The Morgan fingerprint density at radius 3 is 2.03 bits per heavy atom. The van der Waals surface area contributed by atoms with Crippen LogP contribution in [0.4, 0.5) is 11.4 Å². The van der Waals surface area contributed by atoms with Crippen LogP contribution in [0.3, 0.4) is 0 Å². The van der Waals surface area contributed by atoms with Crippen molar-refractivity contribution >= 4 is 23.2 Å². The second kappa shape index (κ2) is 9.06. The summed E-state index contributed by atoms with van der Waals surface area (Å²) in [5, 5.41) is 5.36. The van der Waals surface area contributed by atoms with E-state index in [1.807, 2.05) is 69.3 Å². The highest BCUT2D eigenvalue weighted by Crippen LogP contribution is 2.27. The number of benzene rings is 3. The molecule has 0 saturated carbocycles. The Morgan fingerprint density at radius 1 is 0.759 bits per heavy atom. The smallest absolute Gasteiger partial charge is 0.314 e. The van der Waals surface area contributed by atoms with Crippen molar-refractivity contribution in [2.75, 3.05) is 10.6 Å². The monoisotopic (exact) mass is 388 g/mol. The van der Waals surface area contributed by atoms with Gasteiger partial charge in [-0.1, -0.05) is 50.2 Å². The van der Waals surface area contributed by atoms with Gasteiger partial charge in [0.15, 0.2) is 0 Å². The van der Waals surface area contributed by atoms with Crippen LogP contribution in [0.5, 0.6) is 11.5 Å². The van der Waals surface area contributed by atoms with Gasteiger partial charge in [-0.15, -0.1) is 0 Å². The fourth-order valence-electron chi connectivity index (χ4n) is 2.93. The molecule has 0 spiro atoms. The Balaban J connectivity index is 1.64. The Hall–Kier alpha value is -3.60. The number of hydrogen-bond donors (Lipinski definition) is 2. The fraction of sp³-hybridized carbons (Fsp3) is 0.167. The van der Waals surface area contributed by atoms with Gasteiger partial charge in [0.2, 0.25) is 0 Å². The highest BCUT2D eigenvalue weighted by molar-refractivity contribution is 6.43. The molecule has 3 aromatic carbocycles. The molecule has 3 rings (SSSR count). The standard InChI is InChI=1S/C24H24N2O3/c1-16(2)21-11-7-8-17(3)22(21)26-24(28)23(27)25-18-12-14-20(15-13-18)29-19-9-5-4-6-10-19/h4-16H,1-3H3,(H,25,27)(H,26,28). The first-order valence-corrected chi connectivity index (χ1v) is 9.49. The molecular weight excluding hydrogens is 364 g/mol. The van der Waals surface area contributed by atoms with Crippen molar-refractivity contribution in [3.63, 3.8) is 0 Å². The number of carbonyl (C=O) groups excluding carboxylic acids is 2. The van der Waals surface area contributed by atoms with Crippen LogP contribution in [0.15, 0.2) is 72.8 Å². The van der Waals surface area contributed by atoms with Gasteiger partial charge in [-0.3, -0.25) is 9.59 Å². The van der Waals surface area contributed by atoms with E-state index in [9.17, 15) is 9.59 Å². The van der Waals surface area contributed by atoms with Crippen molar-refractivity contribution < 1.29 is 14.3 Å². The van der Waals surface area contributed by atoms with E-state index in [1.54, 1.807) is 24.3 Å². The summed E-state index contributed by atoms with van der Waals surface area (Å²) < 4.78 is 5.72. The zero-order valence-electron chi connectivity index (χ0n) is 16.7. The Kier molecular flexibility index (Phi) is 6.29. The lowest BCUT2D eigenvalue weighted by Crippen LogP contribution is -2.29. The van der Waals surface area contributed by atoms with Crippen LogP contribution in [0.2, 0.25) is 0 Å². The minimum atomic E-state index is -0.723. The molecule has 0 atom stereocenters. The third kappa shape index (κ3) is 5.23. The first-order chi connectivity index (χ1) is 13.9. The summed E-state index contributed by atoms with van der Waals surface area (Å²) in [4.78, 5) is 24.7. The van der Waals surface area contributed by atoms with Gasteiger partial charge >= 0.3 is 11.8 Å². The van der Waals surface area contributed by atoms with Crippen LogP contribution in [-0.2, 0) is 9.59 Å². The summed E-state index contributed by atoms with van der Waals surface area (Å²) in [6.45, 7) is 6.00. The van der Waals surface area contributed by atoms with E-state index >= 15 is 0 Å². The number of hydrogen-bond acceptors (Lipinski definition) is 3. The van der Waals surface area contributed by atoms with E-state index in [2.05, 4.69) is 10.6 Å². The molecule has 0 saturated heterocycles. The quantitative estimate of drug-likeness (QED) is 0.568. The summed E-state index contributed by atoms with van der Waals surface area (Å²) in [5.41, 5.74) is 3.11. The Bertz CT molecular complexity index is 996. The highest BCUT2D eigenvalue weighted by Gasteiger charge is 2.18. The molecular formula is C24H24N2O3. The molecule has 0 aliphatic carbocycles. The number of para-hydroxylation sites is 2. The molecule has 0 aliphatic heterocycles. The molecule has 0 aromatic heterocycles. The third-order valence-electron chi connectivity index (χ3n) is 4.46. The second-order valence-corrected chi connectivity index (χ2v) is 7.04. The average Bonchev–Trinajstić information content (AvgIpc) is 2.71. The van der Waals surface area contributed by atoms with Crippen molar-refractivity contribution in [3.05, 3.63) is 83.9 Å². The number of aryl methyl sites for hydroxylation is 1. The van der Waals surface area contributed by atoms with Gasteiger partial charge in [0, 0.05) is 11.4 Å². The number of nitrogens with one attached hydrogen (secondary N) is 2. The van der Waals surface area contributed by atoms with Crippen LogP contribution < -0.4 is 15.4 Å². The maximum Gasteiger partial charge on any atom is 0.314 e. The Morgan fingerprint density at radius 2 is 1.38 bits per heavy atom. The predicted molar refractivity (Wildman–Crippen MR) is 115 cm³/mol. The molecule has 0 unspecified atom stereocenters. The number of anilines is 2. The SMILES string of the molecule is Cc1cccc(C(C)C)c1NC(=O)C(=O)Nc1ccc(Oc2ccccc2)cc1. The normalized spacial score (nSPS) is 10.5. The number of carbonyl (C=O) groups is 2. The highest BCUT2D eigenvalue weighted by atomic mass is 16.5. The van der Waals surface area contributed by atoms with Crippen LogP contribution in [0.25, 0.3) is 0 Å². The van der Waals surface area contributed by atoms with Crippen molar-refractivity contribution in [2.45, 2.75) is 26.7 Å². The van der Waals surface area contributed by atoms with Crippen molar-refractivity contribution in [3.8, 4) is 11.5 Å². The first kappa shape index (κ1) is 20.1. The van der Waals surface area contributed by atoms with E-state index in [0.717, 1.165) is 16.9 Å². The van der Waals surface area contributed by atoms with Gasteiger partial charge < -0.3 is 15.4 Å². The van der Waals surface area contributed by atoms with Crippen LogP contribution >= 0.6 is 0 Å². The zero-order chi connectivity index (χ0) is 20.8. The summed E-state index contributed by atoms with van der Waals surface area (Å²) in [7, 11) is 0. The van der Waals surface area contributed by atoms with E-state index in [4.69, 9.17) is 4.74 Å². The number of amides is 2. The van der Waals surface area contributed by atoms with Crippen molar-refractivity contribution in [1.29, 1.82) is 0 Å². The van der Waals surface area contributed by atoms with Gasteiger partial charge in [0.1, 0.15) is 11.5 Å². The summed E-state index contributed by atoms with van der Waals surface area (Å²) >= 11 is 0. The molecule has 0 aliphatic rings. The lowest BCUT2D eigenvalue weighted by atomic mass is 9.98. The fourth-order valence-corrected chi connectivity index (χ4v) is 2.93. The molecule has 5 nitrogen and oxygen atoms in total. The van der Waals surface area contributed by atoms with E-state index in [0.29, 0.717) is 17.1 Å². The molecule has 2 amide bonds. The topological polar surface area (TPSA) is 67.4 Å². The van der Waals surface area contributed by atoms with E-state index in [-0.39, 0.29) is 5.92 Å². The molecule has 0 radical (unpaired) electrons. The number of rotatable bonds is 5. The minimum Gasteiger partial charge on any atom is -0.457 e.